The molecule has 2 N–H and O–H groups in total. The van der Waals surface area contributed by atoms with Crippen molar-refractivity contribution in [3.63, 3.8) is 0 Å². The maximum Gasteiger partial charge on any atom is 0.0445 e. The van der Waals surface area contributed by atoms with Crippen LogP contribution in [0.15, 0.2) is 0 Å². The number of rotatable bonds is 6. The number of aliphatic hydroxyl groups excluding tert-OH is 1. The van der Waals surface area contributed by atoms with Crippen molar-refractivity contribution in [1.82, 2.24) is 10.2 Å². The molecule has 0 aromatic rings. The van der Waals surface area contributed by atoms with Crippen molar-refractivity contribution < 1.29 is 5.11 Å². The summed E-state index contributed by atoms with van der Waals surface area (Å²) in [6.07, 6.45) is 10.5. The maximum atomic E-state index is 9.23. The first kappa shape index (κ1) is 14.3. The van der Waals surface area contributed by atoms with Crippen LogP contribution in [0.2, 0.25) is 0 Å². The largest absolute Gasteiger partial charge is 0.396 e. The Balaban J connectivity index is 1.95. The zero-order valence-electron chi connectivity index (χ0n) is 12.0. The molecule has 3 heteroatoms. The smallest absolute Gasteiger partial charge is 0.0445 e. The van der Waals surface area contributed by atoms with Crippen molar-refractivity contribution in [3.8, 4) is 0 Å². The molecule has 2 rings (SSSR count). The highest BCUT2D eigenvalue weighted by Gasteiger charge is 2.37. The molecule has 2 fully saturated rings. The summed E-state index contributed by atoms with van der Waals surface area (Å²) in [5.74, 6) is 0. The van der Waals surface area contributed by atoms with Gasteiger partial charge in [-0.2, -0.15) is 0 Å². The molecule has 1 aliphatic heterocycles. The summed E-state index contributed by atoms with van der Waals surface area (Å²) < 4.78 is 0. The van der Waals surface area contributed by atoms with Crippen molar-refractivity contribution in [3.05, 3.63) is 0 Å². The minimum absolute atomic E-state index is 0.347. The van der Waals surface area contributed by atoms with Crippen LogP contribution >= 0.6 is 0 Å². The monoisotopic (exact) mass is 254 g/mol. The number of aliphatic hydroxyl groups is 1. The van der Waals surface area contributed by atoms with Crippen molar-refractivity contribution in [2.24, 2.45) is 5.41 Å². The van der Waals surface area contributed by atoms with Crippen molar-refractivity contribution in [1.29, 1.82) is 0 Å². The van der Waals surface area contributed by atoms with Crippen molar-refractivity contribution in [2.75, 3.05) is 33.3 Å². The summed E-state index contributed by atoms with van der Waals surface area (Å²) in [5, 5.41) is 12.6. The lowest BCUT2D eigenvalue weighted by Crippen LogP contribution is -2.48. The van der Waals surface area contributed by atoms with E-state index in [4.69, 9.17) is 0 Å². The van der Waals surface area contributed by atoms with E-state index in [-0.39, 0.29) is 0 Å². The van der Waals surface area contributed by atoms with Gasteiger partial charge < -0.3 is 10.4 Å². The topological polar surface area (TPSA) is 35.5 Å². The number of piperidine rings is 1. The maximum absolute atomic E-state index is 9.23. The zero-order valence-corrected chi connectivity index (χ0v) is 12.0. The summed E-state index contributed by atoms with van der Waals surface area (Å²) in [4.78, 5) is 2.68. The Morgan fingerprint density at radius 1 is 1.22 bits per heavy atom. The molecule has 0 amide bonds. The first-order chi connectivity index (χ1) is 8.79. The van der Waals surface area contributed by atoms with Crippen LogP contribution in [-0.4, -0.2) is 49.3 Å². The van der Waals surface area contributed by atoms with Crippen LogP contribution in [0, 0.1) is 5.41 Å². The molecule has 2 aliphatic rings. The molecule has 1 aliphatic carbocycles. The van der Waals surface area contributed by atoms with E-state index >= 15 is 0 Å². The Kier molecular flexibility index (Phi) is 5.46. The Morgan fingerprint density at radius 2 is 2.00 bits per heavy atom. The van der Waals surface area contributed by atoms with Crippen LogP contribution < -0.4 is 5.32 Å². The van der Waals surface area contributed by atoms with E-state index in [1.165, 1.54) is 58.0 Å². The Bertz CT molecular complexity index is 237. The van der Waals surface area contributed by atoms with Gasteiger partial charge >= 0.3 is 0 Å². The number of hydrogen-bond acceptors (Lipinski definition) is 3. The van der Waals surface area contributed by atoms with Crippen LogP contribution in [0.1, 0.15) is 51.4 Å². The quantitative estimate of drug-likeness (QED) is 0.761. The lowest BCUT2D eigenvalue weighted by molar-refractivity contribution is 0.0676. The van der Waals surface area contributed by atoms with Gasteiger partial charge in [0.1, 0.15) is 0 Å². The average Bonchev–Trinajstić information content (AvgIpc) is 2.81. The lowest BCUT2D eigenvalue weighted by Gasteiger charge is -2.42. The molecule has 0 radical (unpaired) electrons. The predicted octanol–water partition coefficient (Wildman–Crippen LogP) is 2.00. The van der Waals surface area contributed by atoms with E-state index in [0.29, 0.717) is 18.1 Å². The van der Waals surface area contributed by atoms with Gasteiger partial charge in [0, 0.05) is 25.7 Å². The van der Waals surface area contributed by atoms with Gasteiger partial charge in [-0.25, -0.2) is 0 Å². The summed E-state index contributed by atoms with van der Waals surface area (Å²) >= 11 is 0. The van der Waals surface area contributed by atoms with E-state index in [0.717, 1.165) is 13.0 Å². The molecular weight excluding hydrogens is 224 g/mol. The van der Waals surface area contributed by atoms with Gasteiger partial charge in [-0.05, 0) is 51.1 Å². The molecule has 0 spiro atoms. The highest BCUT2D eigenvalue weighted by molar-refractivity contribution is 4.91. The molecule has 1 atom stereocenters. The third kappa shape index (κ3) is 3.46. The summed E-state index contributed by atoms with van der Waals surface area (Å²) in [6.45, 7) is 4.00. The van der Waals surface area contributed by atoms with Crippen LogP contribution in [0.4, 0.5) is 0 Å². The summed E-state index contributed by atoms with van der Waals surface area (Å²) in [6, 6.07) is 0.637. The van der Waals surface area contributed by atoms with Crippen LogP contribution in [0.3, 0.4) is 0 Å². The molecule has 1 unspecified atom stereocenters. The van der Waals surface area contributed by atoms with E-state index in [9.17, 15) is 5.11 Å². The molecule has 0 bridgehead atoms. The fourth-order valence-electron chi connectivity index (χ4n) is 4.07. The van der Waals surface area contributed by atoms with Gasteiger partial charge in [0.15, 0.2) is 0 Å². The SMILES string of the molecule is CNCC1(CN2CCCCC2CCO)CCCC1. The van der Waals surface area contributed by atoms with Gasteiger partial charge in [0.2, 0.25) is 0 Å². The number of nitrogens with zero attached hydrogens (tertiary/aromatic N) is 1. The molecule has 1 saturated carbocycles. The fraction of sp³-hybridized carbons (Fsp3) is 1.00. The minimum Gasteiger partial charge on any atom is -0.396 e. The van der Waals surface area contributed by atoms with E-state index in [1.54, 1.807) is 0 Å². The minimum atomic E-state index is 0.347. The molecule has 18 heavy (non-hydrogen) atoms. The molecule has 0 aromatic heterocycles. The van der Waals surface area contributed by atoms with Gasteiger partial charge in [0.25, 0.3) is 0 Å². The van der Waals surface area contributed by atoms with E-state index in [1.807, 2.05) is 0 Å². The Labute approximate surface area is 112 Å². The van der Waals surface area contributed by atoms with Gasteiger partial charge in [-0.15, -0.1) is 0 Å². The molecule has 0 aromatic carbocycles. The fourth-order valence-corrected chi connectivity index (χ4v) is 4.07. The average molecular weight is 254 g/mol. The zero-order chi connectivity index (χ0) is 12.8. The van der Waals surface area contributed by atoms with Crippen molar-refractivity contribution >= 4 is 0 Å². The van der Waals surface area contributed by atoms with Gasteiger partial charge in [-0.1, -0.05) is 19.3 Å². The molecule has 1 heterocycles. The normalized spacial score (nSPS) is 28.7. The Morgan fingerprint density at radius 3 is 2.67 bits per heavy atom. The molecule has 1 saturated heterocycles. The van der Waals surface area contributed by atoms with Crippen LogP contribution in [-0.2, 0) is 0 Å². The van der Waals surface area contributed by atoms with Crippen LogP contribution in [0.25, 0.3) is 0 Å². The van der Waals surface area contributed by atoms with E-state index in [2.05, 4.69) is 17.3 Å². The standard InChI is InChI=1S/C15H30N2O/c1-16-12-15(8-3-4-9-15)13-17-10-5-2-6-14(17)7-11-18/h14,16,18H,2-13H2,1H3. The molecular formula is C15H30N2O. The predicted molar refractivity (Wildman–Crippen MR) is 75.7 cm³/mol. The highest BCUT2D eigenvalue weighted by atomic mass is 16.3. The summed E-state index contributed by atoms with van der Waals surface area (Å²) in [7, 11) is 2.08. The number of likely N-dealkylation sites (tertiary alicyclic amines) is 1. The highest BCUT2D eigenvalue weighted by Crippen LogP contribution is 2.39. The number of nitrogens with one attached hydrogen (secondary N) is 1. The van der Waals surface area contributed by atoms with Crippen molar-refractivity contribution in [2.45, 2.75) is 57.4 Å². The van der Waals surface area contributed by atoms with Gasteiger partial charge in [-0.3, -0.25) is 4.90 Å². The second-order valence-electron chi connectivity index (χ2n) is 6.37. The van der Waals surface area contributed by atoms with Gasteiger partial charge in [0.05, 0.1) is 0 Å². The Hall–Kier alpha value is -0.120. The first-order valence-corrected chi connectivity index (χ1v) is 7.79. The summed E-state index contributed by atoms with van der Waals surface area (Å²) in [5.41, 5.74) is 0.514. The lowest BCUT2D eigenvalue weighted by atomic mass is 9.84. The van der Waals surface area contributed by atoms with E-state index < -0.39 is 0 Å². The molecule has 3 nitrogen and oxygen atoms in total. The third-order valence-corrected chi connectivity index (χ3v) is 4.97. The van der Waals surface area contributed by atoms with Crippen LogP contribution in [0.5, 0.6) is 0 Å². The second kappa shape index (κ2) is 6.88. The molecule has 106 valence electrons. The first-order valence-electron chi connectivity index (χ1n) is 7.79. The third-order valence-electron chi connectivity index (χ3n) is 4.97. The number of hydrogen-bond donors (Lipinski definition) is 2. The second-order valence-corrected chi connectivity index (χ2v) is 6.37.